The van der Waals surface area contributed by atoms with Crippen molar-refractivity contribution in [2.24, 2.45) is 5.14 Å². The highest BCUT2D eigenvalue weighted by molar-refractivity contribution is 7.89. The second kappa shape index (κ2) is 8.90. The molecule has 158 valence electrons. The number of hydrogen-bond donors (Lipinski definition) is 2. The van der Waals surface area contributed by atoms with Crippen molar-refractivity contribution in [2.75, 3.05) is 18.9 Å². The number of sulfonamides is 1. The zero-order chi connectivity index (χ0) is 21.9. The minimum Gasteiger partial charge on any atom is -0.336 e. The van der Waals surface area contributed by atoms with E-state index in [0.29, 0.717) is 23.8 Å². The number of primary sulfonamides is 1. The maximum atomic E-state index is 12.6. The van der Waals surface area contributed by atoms with Crippen molar-refractivity contribution in [2.45, 2.75) is 23.8 Å². The number of amides is 2. The van der Waals surface area contributed by atoms with Gasteiger partial charge >= 0.3 is 0 Å². The van der Waals surface area contributed by atoms with Gasteiger partial charge in [0, 0.05) is 19.3 Å². The first-order chi connectivity index (χ1) is 14.2. The summed E-state index contributed by atoms with van der Waals surface area (Å²) in [5.41, 5.74) is 1.52. The Morgan fingerprint density at radius 3 is 2.37 bits per heavy atom. The predicted molar refractivity (Wildman–Crippen MR) is 117 cm³/mol. The van der Waals surface area contributed by atoms with Gasteiger partial charge in [0.25, 0.3) is 5.91 Å². The molecule has 3 rings (SSSR count). The Labute approximate surface area is 180 Å². The fourth-order valence-corrected chi connectivity index (χ4v) is 4.05. The lowest BCUT2D eigenvalue weighted by Gasteiger charge is -2.23. The summed E-state index contributed by atoms with van der Waals surface area (Å²) in [5.74, 6) is -0.507. The Hall–Kier alpha value is -2.82. The average molecular weight is 447 g/mol. The molecule has 8 nitrogen and oxygen atoms in total. The first kappa shape index (κ1) is 21.9. The number of anilines is 1. The third-order valence-corrected chi connectivity index (χ3v) is 6.29. The van der Waals surface area contributed by atoms with Crippen LogP contribution in [0.15, 0.2) is 59.5 Å². The van der Waals surface area contributed by atoms with Gasteiger partial charge in [0.15, 0.2) is 5.11 Å². The summed E-state index contributed by atoms with van der Waals surface area (Å²) in [6, 6.07) is 14.5. The Balaban J connectivity index is 1.67. The topological polar surface area (TPSA) is 113 Å². The van der Waals surface area contributed by atoms with Crippen molar-refractivity contribution in [1.82, 2.24) is 9.80 Å². The minimum atomic E-state index is -3.75. The molecule has 0 saturated carbocycles. The van der Waals surface area contributed by atoms with Crippen molar-refractivity contribution in [3.05, 3.63) is 60.2 Å². The third kappa shape index (κ3) is 5.02. The molecule has 1 aliphatic rings. The molecule has 0 aromatic heterocycles. The van der Waals surface area contributed by atoms with E-state index < -0.39 is 16.1 Å². The Kier molecular flexibility index (Phi) is 6.49. The van der Waals surface area contributed by atoms with Crippen molar-refractivity contribution in [3.8, 4) is 0 Å². The molecule has 0 bridgehead atoms. The molecule has 1 atom stereocenters. The van der Waals surface area contributed by atoms with E-state index in [-0.39, 0.29) is 23.1 Å². The van der Waals surface area contributed by atoms with Crippen LogP contribution in [0.25, 0.3) is 0 Å². The number of para-hydroxylation sites is 1. The van der Waals surface area contributed by atoms with Gasteiger partial charge in [0.1, 0.15) is 6.04 Å². The van der Waals surface area contributed by atoms with Crippen LogP contribution in [-0.2, 0) is 26.0 Å². The molecule has 0 aliphatic carbocycles. The van der Waals surface area contributed by atoms with Crippen LogP contribution in [0, 0.1) is 0 Å². The highest BCUT2D eigenvalue weighted by Gasteiger charge is 2.41. The first-order valence-electron chi connectivity index (χ1n) is 9.21. The number of rotatable bonds is 7. The molecular weight excluding hydrogens is 424 g/mol. The number of nitrogens with one attached hydrogen (secondary N) is 1. The summed E-state index contributed by atoms with van der Waals surface area (Å²) in [7, 11) is -2.16. The third-order valence-electron chi connectivity index (χ3n) is 4.85. The molecule has 0 spiro atoms. The molecule has 2 aromatic rings. The summed E-state index contributed by atoms with van der Waals surface area (Å²) in [5, 5.41) is 8.26. The summed E-state index contributed by atoms with van der Waals surface area (Å²) in [6.45, 7) is 0.410. The molecule has 3 N–H and O–H groups in total. The van der Waals surface area contributed by atoms with Gasteiger partial charge in [0.2, 0.25) is 15.9 Å². The maximum Gasteiger partial charge on any atom is 0.251 e. The molecule has 1 aliphatic heterocycles. The molecule has 1 heterocycles. The fraction of sp³-hybridized carbons (Fsp3) is 0.250. The predicted octanol–water partition coefficient (Wildman–Crippen LogP) is 1.33. The Morgan fingerprint density at radius 1 is 1.13 bits per heavy atom. The van der Waals surface area contributed by atoms with E-state index in [0.717, 1.165) is 5.56 Å². The van der Waals surface area contributed by atoms with Crippen molar-refractivity contribution in [3.63, 3.8) is 0 Å². The van der Waals surface area contributed by atoms with E-state index in [1.54, 1.807) is 36.2 Å². The van der Waals surface area contributed by atoms with E-state index in [1.165, 1.54) is 17.0 Å². The fourth-order valence-electron chi connectivity index (χ4n) is 3.23. The molecule has 0 radical (unpaired) electrons. The van der Waals surface area contributed by atoms with E-state index >= 15 is 0 Å². The molecule has 30 heavy (non-hydrogen) atoms. The van der Waals surface area contributed by atoms with Crippen molar-refractivity contribution < 1.29 is 18.0 Å². The maximum absolute atomic E-state index is 12.6. The van der Waals surface area contributed by atoms with Crippen LogP contribution in [-0.4, -0.2) is 54.8 Å². The van der Waals surface area contributed by atoms with Crippen molar-refractivity contribution >= 4 is 44.9 Å². The minimum absolute atomic E-state index is 0.0252. The molecule has 0 unspecified atom stereocenters. The number of carbonyl (C=O) groups excluding carboxylic acids is 2. The molecule has 10 heteroatoms. The number of benzene rings is 2. The van der Waals surface area contributed by atoms with Gasteiger partial charge in [-0.15, -0.1) is 0 Å². The zero-order valence-corrected chi connectivity index (χ0v) is 17.9. The van der Waals surface area contributed by atoms with Gasteiger partial charge in [0.05, 0.1) is 11.3 Å². The molecular formula is C20H22N4O4S2. The van der Waals surface area contributed by atoms with E-state index in [2.05, 4.69) is 5.32 Å². The second-order valence-electron chi connectivity index (χ2n) is 6.95. The smallest absolute Gasteiger partial charge is 0.251 e. The highest BCUT2D eigenvalue weighted by Crippen LogP contribution is 2.21. The van der Waals surface area contributed by atoms with Crippen LogP contribution in [0.3, 0.4) is 0 Å². The van der Waals surface area contributed by atoms with Gasteiger partial charge in [-0.25, -0.2) is 13.6 Å². The lowest BCUT2D eigenvalue weighted by molar-refractivity contribution is -0.130. The SMILES string of the molecule is CN1C(=O)[C@H](CC(=O)Nc2ccccc2)N(CCc2ccc(S(N)(=O)=O)cc2)C1=S. The van der Waals surface area contributed by atoms with Crippen LogP contribution in [0.1, 0.15) is 12.0 Å². The van der Waals surface area contributed by atoms with Gasteiger partial charge in [-0.05, 0) is 48.5 Å². The number of carbonyl (C=O) groups is 2. The van der Waals surface area contributed by atoms with Gasteiger partial charge < -0.3 is 10.2 Å². The van der Waals surface area contributed by atoms with Crippen LogP contribution < -0.4 is 10.5 Å². The van der Waals surface area contributed by atoms with Crippen molar-refractivity contribution in [1.29, 1.82) is 0 Å². The lowest BCUT2D eigenvalue weighted by Crippen LogP contribution is -2.39. The number of likely N-dealkylation sites (N-methyl/N-ethyl adjacent to an activating group) is 1. The number of nitrogens with two attached hydrogens (primary N) is 1. The summed E-state index contributed by atoms with van der Waals surface area (Å²) in [6.07, 6.45) is 0.492. The number of nitrogens with zero attached hydrogens (tertiary/aromatic N) is 2. The first-order valence-corrected chi connectivity index (χ1v) is 11.2. The largest absolute Gasteiger partial charge is 0.336 e. The van der Waals surface area contributed by atoms with E-state index in [9.17, 15) is 18.0 Å². The summed E-state index contributed by atoms with van der Waals surface area (Å²) < 4.78 is 22.7. The molecule has 1 fully saturated rings. The normalized spacial score (nSPS) is 16.8. The Morgan fingerprint density at radius 2 is 1.77 bits per heavy atom. The quantitative estimate of drug-likeness (QED) is 0.621. The molecule has 2 aromatic carbocycles. The highest BCUT2D eigenvalue weighted by atomic mass is 32.2. The van der Waals surface area contributed by atoms with E-state index in [4.69, 9.17) is 17.4 Å². The monoisotopic (exact) mass is 446 g/mol. The van der Waals surface area contributed by atoms with Crippen LogP contribution in [0.2, 0.25) is 0 Å². The Bertz CT molecular complexity index is 1060. The van der Waals surface area contributed by atoms with E-state index in [1.807, 2.05) is 18.2 Å². The standard InChI is InChI=1S/C20H22N4O4S2/c1-23-19(26)17(13-18(25)22-15-5-3-2-4-6-15)24(20(23)29)12-11-14-7-9-16(10-8-14)30(21,27)28/h2-10,17H,11-13H2,1H3,(H,22,25)(H2,21,27,28)/t17-/m0/s1. The summed E-state index contributed by atoms with van der Waals surface area (Å²) in [4.78, 5) is 28.2. The van der Waals surface area contributed by atoms with Crippen LogP contribution in [0.4, 0.5) is 5.69 Å². The van der Waals surface area contributed by atoms with Gasteiger partial charge in [-0.1, -0.05) is 30.3 Å². The summed E-state index contributed by atoms with van der Waals surface area (Å²) >= 11 is 5.39. The molecule has 2 amide bonds. The van der Waals surface area contributed by atoms with Gasteiger partial charge in [-0.3, -0.25) is 14.5 Å². The van der Waals surface area contributed by atoms with Crippen LogP contribution in [0.5, 0.6) is 0 Å². The number of hydrogen-bond acceptors (Lipinski definition) is 5. The average Bonchev–Trinajstić information content (AvgIpc) is 2.90. The second-order valence-corrected chi connectivity index (χ2v) is 8.87. The van der Waals surface area contributed by atoms with Gasteiger partial charge in [-0.2, -0.15) is 0 Å². The lowest BCUT2D eigenvalue weighted by atomic mass is 10.1. The van der Waals surface area contributed by atoms with Crippen LogP contribution >= 0.6 is 12.2 Å². The zero-order valence-electron chi connectivity index (χ0n) is 16.3. The molecule has 1 saturated heterocycles. The number of thiocarbonyl (C=S) groups is 1.